The number of ether oxygens (including phenoxy) is 2. The van der Waals surface area contributed by atoms with E-state index >= 15 is 0 Å². The summed E-state index contributed by atoms with van der Waals surface area (Å²) in [7, 11) is 0. The molecule has 7 nitrogen and oxygen atoms in total. The lowest BCUT2D eigenvalue weighted by Crippen LogP contribution is -2.23. The molecular weight excluding hydrogens is 308 g/mol. The minimum absolute atomic E-state index is 0.265. The molecule has 2 aromatic rings. The van der Waals surface area contributed by atoms with Gasteiger partial charge < -0.3 is 19.7 Å². The van der Waals surface area contributed by atoms with E-state index in [-0.39, 0.29) is 11.6 Å². The number of rotatable bonds is 5. The fraction of sp³-hybridized carbons (Fsp3) is 0.353. The number of nitrogens with zero attached hydrogens (tertiary/aromatic N) is 3. The number of nitrogens with one attached hydrogen (secondary N) is 1. The van der Waals surface area contributed by atoms with E-state index < -0.39 is 0 Å². The van der Waals surface area contributed by atoms with Gasteiger partial charge in [-0.3, -0.25) is 4.79 Å². The molecule has 1 amide bonds. The number of carbonyl (C=O) groups excluding carboxylic acids is 1. The first kappa shape index (κ1) is 16.0. The molecule has 0 spiro atoms. The van der Waals surface area contributed by atoms with Crippen LogP contribution in [0.15, 0.2) is 30.6 Å². The van der Waals surface area contributed by atoms with Gasteiger partial charge in [-0.15, -0.1) is 0 Å². The maximum absolute atomic E-state index is 12.3. The van der Waals surface area contributed by atoms with E-state index in [9.17, 15) is 4.79 Å². The topological polar surface area (TPSA) is 76.6 Å². The second-order valence-electron chi connectivity index (χ2n) is 5.24. The maximum Gasteiger partial charge on any atom is 0.275 e. The summed E-state index contributed by atoms with van der Waals surface area (Å²) in [6.45, 7) is 6.82. The number of carbonyl (C=O) groups is 1. The van der Waals surface area contributed by atoms with Crippen LogP contribution in [0.5, 0.6) is 11.5 Å². The Balaban J connectivity index is 1.70. The van der Waals surface area contributed by atoms with E-state index in [4.69, 9.17) is 9.47 Å². The summed E-state index contributed by atoms with van der Waals surface area (Å²) < 4.78 is 11.0. The average Bonchev–Trinajstić information content (AvgIpc) is 2.63. The Morgan fingerprint density at radius 1 is 1.12 bits per heavy atom. The molecule has 1 aromatic heterocycles. The third-order valence-electron chi connectivity index (χ3n) is 3.76. The summed E-state index contributed by atoms with van der Waals surface area (Å²) in [5, 5.41) is 2.79. The van der Waals surface area contributed by atoms with Crippen LogP contribution in [0.1, 0.15) is 24.3 Å². The highest BCUT2D eigenvalue weighted by Crippen LogP contribution is 2.32. The monoisotopic (exact) mass is 328 g/mol. The van der Waals surface area contributed by atoms with Crippen molar-refractivity contribution in [1.82, 2.24) is 9.97 Å². The summed E-state index contributed by atoms with van der Waals surface area (Å²) in [5.41, 5.74) is 0.889. The Labute approximate surface area is 140 Å². The molecule has 1 aliphatic rings. The zero-order valence-corrected chi connectivity index (χ0v) is 13.8. The smallest absolute Gasteiger partial charge is 0.275 e. The largest absolute Gasteiger partial charge is 0.486 e. The first-order valence-corrected chi connectivity index (χ1v) is 7.99. The van der Waals surface area contributed by atoms with Gasteiger partial charge in [-0.05, 0) is 26.0 Å². The Morgan fingerprint density at radius 3 is 2.54 bits per heavy atom. The third-order valence-corrected chi connectivity index (χ3v) is 3.76. The molecule has 126 valence electrons. The van der Waals surface area contributed by atoms with Gasteiger partial charge in [-0.1, -0.05) is 0 Å². The van der Waals surface area contributed by atoms with Crippen molar-refractivity contribution >= 4 is 17.4 Å². The number of hydrogen-bond acceptors (Lipinski definition) is 6. The molecule has 1 N–H and O–H groups in total. The molecule has 1 aromatic carbocycles. The molecule has 0 atom stereocenters. The minimum atomic E-state index is -0.315. The molecule has 24 heavy (non-hydrogen) atoms. The molecule has 0 unspecified atom stereocenters. The van der Waals surface area contributed by atoms with Gasteiger partial charge in [-0.25, -0.2) is 9.97 Å². The van der Waals surface area contributed by atoms with Crippen LogP contribution in [0.2, 0.25) is 0 Å². The number of amides is 1. The van der Waals surface area contributed by atoms with Crippen LogP contribution in [0.25, 0.3) is 0 Å². The Kier molecular flexibility index (Phi) is 4.79. The lowest BCUT2D eigenvalue weighted by Gasteiger charge is -2.19. The number of anilines is 2. The summed E-state index contributed by atoms with van der Waals surface area (Å²) in [5.74, 6) is 1.76. The van der Waals surface area contributed by atoms with E-state index in [0.717, 1.165) is 18.9 Å². The predicted molar refractivity (Wildman–Crippen MR) is 91.0 cm³/mol. The van der Waals surface area contributed by atoms with E-state index in [1.54, 1.807) is 24.4 Å². The zero-order chi connectivity index (χ0) is 16.9. The second-order valence-corrected chi connectivity index (χ2v) is 5.24. The van der Waals surface area contributed by atoms with Crippen molar-refractivity contribution in [2.24, 2.45) is 0 Å². The van der Waals surface area contributed by atoms with E-state index in [0.29, 0.717) is 30.4 Å². The molecule has 0 saturated carbocycles. The SMILES string of the molecule is CCN(CC)c1cnc(C(=O)Nc2ccc3c(c2)OCCO3)cn1. The Bertz CT molecular complexity index is 714. The van der Waals surface area contributed by atoms with Gasteiger partial charge in [0.25, 0.3) is 5.91 Å². The number of benzene rings is 1. The van der Waals surface area contributed by atoms with Gasteiger partial charge in [0.2, 0.25) is 0 Å². The van der Waals surface area contributed by atoms with Crippen molar-refractivity contribution in [3.8, 4) is 11.5 Å². The van der Waals surface area contributed by atoms with Crippen LogP contribution in [0.4, 0.5) is 11.5 Å². The van der Waals surface area contributed by atoms with Crippen molar-refractivity contribution < 1.29 is 14.3 Å². The molecular formula is C17H20N4O3. The van der Waals surface area contributed by atoms with E-state index in [1.165, 1.54) is 6.20 Å². The highest BCUT2D eigenvalue weighted by Gasteiger charge is 2.14. The summed E-state index contributed by atoms with van der Waals surface area (Å²) >= 11 is 0. The van der Waals surface area contributed by atoms with Crippen LogP contribution in [-0.4, -0.2) is 42.2 Å². The van der Waals surface area contributed by atoms with Crippen LogP contribution >= 0.6 is 0 Å². The standard InChI is InChI=1S/C17H20N4O3/c1-3-21(4-2)16-11-18-13(10-19-16)17(22)20-12-5-6-14-15(9-12)24-8-7-23-14/h5-6,9-11H,3-4,7-8H2,1-2H3,(H,20,22). The van der Waals surface area contributed by atoms with E-state index in [2.05, 4.69) is 20.2 Å². The third kappa shape index (κ3) is 3.40. The van der Waals surface area contributed by atoms with Crippen molar-refractivity contribution in [2.75, 3.05) is 36.5 Å². The van der Waals surface area contributed by atoms with Gasteiger partial charge in [0.15, 0.2) is 11.5 Å². The second kappa shape index (κ2) is 7.16. The minimum Gasteiger partial charge on any atom is -0.486 e. The van der Waals surface area contributed by atoms with Crippen LogP contribution < -0.4 is 19.7 Å². The molecule has 2 heterocycles. The molecule has 1 aliphatic heterocycles. The van der Waals surface area contributed by atoms with Crippen LogP contribution in [-0.2, 0) is 0 Å². The van der Waals surface area contributed by atoms with Gasteiger partial charge in [0.1, 0.15) is 24.7 Å². The van der Waals surface area contributed by atoms with Crippen molar-refractivity contribution in [3.05, 3.63) is 36.3 Å². The van der Waals surface area contributed by atoms with Crippen molar-refractivity contribution in [1.29, 1.82) is 0 Å². The zero-order valence-electron chi connectivity index (χ0n) is 13.8. The van der Waals surface area contributed by atoms with E-state index in [1.807, 2.05) is 13.8 Å². The predicted octanol–water partition coefficient (Wildman–Crippen LogP) is 2.35. The molecule has 0 saturated heterocycles. The summed E-state index contributed by atoms with van der Waals surface area (Å²) in [6, 6.07) is 5.28. The number of aromatic nitrogens is 2. The molecule has 0 aliphatic carbocycles. The summed E-state index contributed by atoms with van der Waals surface area (Å²) in [6.07, 6.45) is 3.10. The normalized spacial score (nSPS) is 12.6. The molecule has 0 radical (unpaired) electrons. The van der Waals surface area contributed by atoms with Gasteiger partial charge >= 0.3 is 0 Å². The van der Waals surface area contributed by atoms with Crippen LogP contribution in [0.3, 0.4) is 0 Å². The average molecular weight is 328 g/mol. The fourth-order valence-electron chi connectivity index (χ4n) is 2.47. The highest BCUT2D eigenvalue weighted by atomic mass is 16.6. The molecule has 0 fully saturated rings. The maximum atomic E-state index is 12.3. The number of hydrogen-bond donors (Lipinski definition) is 1. The van der Waals surface area contributed by atoms with Gasteiger partial charge in [-0.2, -0.15) is 0 Å². The van der Waals surface area contributed by atoms with Gasteiger partial charge in [0.05, 0.1) is 12.4 Å². The quantitative estimate of drug-likeness (QED) is 0.908. The lowest BCUT2D eigenvalue weighted by molar-refractivity contribution is 0.102. The van der Waals surface area contributed by atoms with Crippen molar-refractivity contribution in [2.45, 2.75) is 13.8 Å². The van der Waals surface area contributed by atoms with Crippen molar-refractivity contribution in [3.63, 3.8) is 0 Å². The first-order chi connectivity index (χ1) is 11.7. The Hall–Kier alpha value is -2.83. The van der Waals surface area contributed by atoms with Gasteiger partial charge in [0, 0.05) is 24.8 Å². The fourth-order valence-corrected chi connectivity index (χ4v) is 2.47. The summed E-state index contributed by atoms with van der Waals surface area (Å²) in [4.78, 5) is 22.9. The molecule has 7 heteroatoms. The highest BCUT2D eigenvalue weighted by molar-refractivity contribution is 6.02. The molecule has 3 rings (SSSR count). The lowest BCUT2D eigenvalue weighted by atomic mass is 10.2. The Morgan fingerprint density at radius 2 is 1.88 bits per heavy atom. The van der Waals surface area contributed by atoms with Crippen LogP contribution in [0, 0.1) is 0 Å². The first-order valence-electron chi connectivity index (χ1n) is 7.99. The molecule has 0 bridgehead atoms. The number of fused-ring (bicyclic) bond motifs is 1.